The molecule has 3 rings (SSSR count). The molecule has 1 fully saturated rings. The van der Waals surface area contributed by atoms with Crippen LogP contribution in [0.15, 0.2) is 54.6 Å². The van der Waals surface area contributed by atoms with Gasteiger partial charge in [0, 0.05) is 13.0 Å². The fourth-order valence-corrected chi connectivity index (χ4v) is 2.92. The fraction of sp³-hybridized carbons (Fsp3) is 0.368. The van der Waals surface area contributed by atoms with Crippen LogP contribution in [-0.2, 0) is 6.42 Å². The van der Waals surface area contributed by atoms with E-state index in [-0.39, 0.29) is 6.23 Å². The van der Waals surface area contributed by atoms with Crippen molar-refractivity contribution in [2.45, 2.75) is 31.9 Å². The smallest absolute Gasteiger partial charge is 0.152 e. The van der Waals surface area contributed by atoms with E-state index in [0.29, 0.717) is 0 Å². The second-order valence-corrected chi connectivity index (χ2v) is 5.82. The average Bonchev–Trinajstić information content (AvgIpc) is 2.52. The molecule has 2 nitrogen and oxygen atoms in total. The van der Waals surface area contributed by atoms with Crippen LogP contribution in [0.4, 0.5) is 0 Å². The van der Waals surface area contributed by atoms with Crippen LogP contribution in [0.2, 0.25) is 0 Å². The minimum absolute atomic E-state index is 0.218. The molecule has 1 aliphatic rings. The quantitative estimate of drug-likeness (QED) is 0.836. The van der Waals surface area contributed by atoms with Gasteiger partial charge < -0.3 is 4.74 Å². The zero-order valence-corrected chi connectivity index (χ0v) is 12.7. The van der Waals surface area contributed by atoms with Crippen molar-refractivity contribution in [2.24, 2.45) is 0 Å². The summed E-state index contributed by atoms with van der Waals surface area (Å²) in [7, 11) is 2.16. The van der Waals surface area contributed by atoms with Crippen molar-refractivity contribution < 1.29 is 4.74 Å². The number of benzene rings is 2. The SMILES string of the molecule is CN1CCCCC1Oc1ccccc1Cc1ccccc1. The Labute approximate surface area is 127 Å². The van der Waals surface area contributed by atoms with Gasteiger partial charge in [-0.05, 0) is 43.5 Å². The Balaban J connectivity index is 1.76. The molecule has 2 aromatic carbocycles. The monoisotopic (exact) mass is 281 g/mol. The first kappa shape index (κ1) is 14.2. The van der Waals surface area contributed by atoms with E-state index in [1.54, 1.807) is 0 Å². The zero-order chi connectivity index (χ0) is 14.5. The summed E-state index contributed by atoms with van der Waals surface area (Å²) < 4.78 is 6.30. The highest BCUT2D eigenvalue weighted by atomic mass is 16.5. The van der Waals surface area contributed by atoms with Gasteiger partial charge in [-0.25, -0.2) is 0 Å². The van der Waals surface area contributed by atoms with Crippen LogP contribution in [0.1, 0.15) is 30.4 Å². The second-order valence-electron chi connectivity index (χ2n) is 5.82. The van der Waals surface area contributed by atoms with Gasteiger partial charge in [0.15, 0.2) is 6.23 Å². The molecule has 1 atom stereocenters. The second kappa shape index (κ2) is 6.77. The van der Waals surface area contributed by atoms with Crippen molar-refractivity contribution in [3.63, 3.8) is 0 Å². The summed E-state index contributed by atoms with van der Waals surface area (Å²) in [4.78, 5) is 2.32. The predicted molar refractivity (Wildman–Crippen MR) is 86.6 cm³/mol. The predicted octanol–water partition coefficient (Wildman–Crippen LogP) is 4.10. The van der Waals surface area contributed by atoms with E-state index >= 15 is 0 Å². The third-order valence-electron chi connectivity index (χ3n) is 4.18. The van der Waals surface area contributed by atoms with Gasteiger partial charge in [-0.2, -0.15) is 0 Å². The molecule has 0 spiro atoms. The Kier molecular flexibility index (Phi) is 4.56. The first-order valence-electron chi connectivity index (χ1n) is 7.81. The lowest BCUT2D eigenvalue weighted by Gasteiger charge is -2.33. The molecule has 0 radical (unpaired) electrons. The number of hydrogen-bond acceptors (Lipinski definition) is 2. The van der Waals surface area contributed by atoms with Crippen molar-refractivity contribution >= 4 is 0 Å². The first-order valence-corrected chi connectivity index (χ1v) is 7.81. The average molecular weight is 281 g/mol. The van der Waals surface area contributed by atoms with E-state index in [9.17, 15) is 0 Å². The van der Waals surface area contributed by atoms with Crippen molar-refractivity contribution in [3.05, 3.63) is 65.7 Å². The van der Waals surface area contributed by atoms with Gasteiger partial charge >= 0.3 is 0 Å². The van der Waals surface area contributed by atoms with Crippen LogP contribution < -0.4 is 4.74 Å². The third-order valence-corrected chi connectivity index (χ3v) is 4.18. The van der Waals surface area contributed by atoms with Crippen LogP contribution in [-0.4, -0.2) is 24.7 Å². The van der Waals surface area contributed by atoms with Gasteiger partial charge in [0.05, 0.1) is 0 Å². The molecular weight excluding hydrogens is 258 g/mol. The highest BCUT2D eigenvalue weighted by Crippen LogP contribution is 2.25. The minimum Gasteiger partial charge on any atom is -0.475 e. The lowest BCUT2D eigenvalue weighted by Crippen LogP contribution is -2.40. The molecule has 1 saturated heterocycles. The van der Waals surface area contributed by atoms with Gasteiger partial charge in [0.1, 0.15) is 5.75 Å². The summed E-state index contributed by atoms with van der Waals surface area (Å²) >= 11 is 0. The summed E-state index contributed by atoms with van der Waals surface area (Å²) in [6.45, 7) is 1.13. The summed E-state index contributed by atoms with van der Waals surface area (Å²) in [5.41, 5.74) is 2.59. The van der Waals surface area contributed by atoms with Crippen LogP contribution in [0.3, 0.4) is 0 Å². The summed E-state index contributed by atoms with van der Waals surface area (Å²) in [6.07, 6.45) is 4.80. The van der Waals surface area contributed by atoms with E-state index in [1.165, 1.54) is 24.0 Å². The van der Waals surface area contributed by atoms with Gasteiger partial charge in [-0.1, -0.05) is 48.5 Å². The molecule has 2 aromatic rings. The number of likely N-dealkylation sites (tertiary alicyclic amines) is 1. The zero-order valence-electron chi connectivity index (χ0n) is 12.7. The molecule has 2 heteroatoms. The van der Waals surface area contributed by atoms with E-state index < -0.39 is 0 Å². The Morgan fingerprint density at radius 2 is 1.76 bits per heavy atom. The molecule has 0 aliphatic carbocycles. The number of rotatable bonds is 4. The molecule has 1 unspecified atom stereocenters. The van der Waals surface area contributed by atoms with Crippen LogP contribution in [0, 0.1) is 0 Å². The molecule has 0 amide bonds. The van der Waals surface area contributed by atoms with Gasteiger partial charge in [0.25, 0.3) is 0 Å². The van der Waals surface area contributed by atoms with Gasteiger partial charge in [0.2, 0.25) is 0 Å². The summed E-state index contributed by atoms with van der Waals surface area (Å²) in [5.74, 6) is 1.03. The maximum absolute atomic E-state index is 6.30. The molecule has 0 aromatic heterocycles. The van der Waals surface area contributed by atoms with E-state index in [4.69, 9.17) is 4.74 Å². The highest BCUT2D eigenvalue weighted by molar-refractivity contribution is 5.37. The Bertz CT molecular complexity index is 567. The number of para-hydroxylation sites is 1. The van der Waals surface area contributed by atoms with Gasteiger partial charge in [-0.15, -0.1) is 0 Å². The molecule has 0 N–H and O–H groups in total. The molecule has 1 heterocycles. The third kappa shape index (κ3) is 3.64. The van der Waals surface area contributed by atoms with E-state index in [1.807, 2.05) is 0 Å². The standard InChI is InChI=1S/C19H23NO/c1-20-14-8-7-13-19(20)21-18-12-6-5-11-17(18)15-16-9-3-2-4-10-16/h2-6,9-12,19H,7-8,13-15H2,1H3. The topological polar surface area (TPSA) is 12.5 Å². The highest BCUT2D eigenvalue weighted by Gasteiger charge is 2.21. The van der Waals surface area contributed by atoms with Crippen molar-refractivity contribution in [1.82, 2.24) is 4.90 Å². The maximum atomic E-state index is 6.30. The molecule has 110 valence electrons. The summed E-state index contributed by atoms with van der Waals surface area (Å²) in [6, 6.07) is 19.0. The Hall–Kier alpha value is -1.80. The van der Waals surface area contributed by atoms with Gasteiger partial charge in [-0.3, -0.25) is 4.90 Å². The van der Waals surface area contributed by atoms with Crippen LogP contribution in [0.25, 0.3) is 0 Å². The maximum Gasteiger partial charge on any atom is 0.152 e. The molecule has 0 bridgehead atoms. The van der Waals surface area contributed by atoms with Crippen molar-refractivity contribution in [2.75, 3.05) is 13.6 Å². The molecular formula is C19H23NO. The number of hydrogen-bond donors (Lipinski definition) is 0. The molecule has 21 heavy (non-hydrogen) atoms. The van der Waals surface area contributed by atoms with Crippen LogP contribution >= 0.6 is 0 Å². The lowest BCUT2D eigenvalue weighted by molar-refractivity contribution is 0.0145. The lowest BCUT2D eigenvalue weighted by atomic mass is 10.0. The summed E-state index contributed by atoms with van der Waals surface area (Å²) in [5, 5.41) is 0. The van der Waals surface area contributed by atoms with E-state index in [2.05, 4.69) is 66.5 Å². The fourth-order valence-electron chi connectivity index (χ4n) is 2.92. The van der Waals surface area contributed by atoms with Crippen molar-refractivity contribution in [3.8, 4) is 5.75 Å². The largest absolute Gasteiger partial charge is 0.475 e. The number of nitrogens with zero attached hydrogens (tertiary/aromatic N) is 1. The minimum atomic E-state index is 0.218. The number of ether oxygens (including phenoxy) is 1. The normalized spacial score (nSPS) is 19.4. The van der Waals surface area contributed by atoms with Crippen molar-refractivity contribution in [1.29, 1.82) is 0 Å². The van der Waals surface area contributed by atoms with Crippen LogP contribution in [0.5, 0.6) is 5.75 Å². The molecule has 0 saturated carbocycles. The Morgan fingerprint density at radius 3 is 2.57 bits per heavy atom. The molecule has 1 aliphatic heterocycles. The Morgan fingerprint density at radius 1 is 1.00 bits per heavy atom. The first-order chi connectivity index (χ1) is 10.3. The number of piperidine rings is 1. The van der Waals surface area contributed by atoms with E-state index in [0.717, 1.165) is 25.1 Å².